The highest BCUT2D eigenvalue weighted by Crippen LogP contribution is 2.13. The van der Waals surface area contributed by atoms with Crippen molar-refractivity contribution in [3.8, 4) is 0 Å². The molecular formula is C19H28N2O2. The molecule has 126 valence electrons. The zero-order chi connectivity index (χ0) is 16.7. The molecule has 0 bridgehead atoms. The van der Waals surface area contributed by atoms with Crippen molar-refractivity contribution < 1.29 is 9.59 Å². The van der Waals surface area contributed by atoms with E-state index in [0.717, 1.165) is 37.9 Å². The van der Waals surface area contributed by atoms with E-state index in [-0.39, 0.29) is 11.8 Å². The molecule has 1 saturated heterocycles. The van der Waals surface area contributed by atoms with Crippen LogP contribution >= 0.6 is 0 Å². The van der Waals surface area contributed by atoms with Gasteiger partial charge in [0.25, 0.3) is 0 Å². The average Bonchev–Trinajstić information content (AvgIpc) is 3.07. The van der Waals surface area contributed by atoms with Gasteiger partial charge in [-0.25, -0.2) is 0 Å². The second-order valence-corrected chi connectivity index (χ2v) is 6.77. The zero-order valence-corrected chi connectivity index (χ0v) is 14.3. The first-order valence-electron chi connectivity index (χ1n) is 8.68. The number of rotatable bonds is 7. The molecule has 1 fully saturated rings. The standard InChI is InChI=1S/C19H28N2O2/c1-15(2)10-11-18(22)20-17(14-16-8-4-3-5-9-16)19(23)21-12-6-7-13-21/h3-5,8-9,15,17H,6-7,10-14H2,1-2H3,(H,20,22). The SMILES string of the molecule is CC(C)CCC(=O)NC(Cc1ccccc1)C(=O)N1CCCC1. The molecule has 1 heterocycles. The quantitative estimate of drug-likeness (QED) is 0.841. The number of amides is 2. The van der Waals surface area contributed by atoms with E-state index in [0.29, 0.717) is 18.8 Å². The second kappa shape index (κ2) is 8.70. The first-order valence-corrected chi connectivity index (χ1v) is 8.68. The third-order valence-corrected chi connectivity index (χ3v) is 4.28. The van der Waals surface area contributed by atoms with E-state index in [9.17, 15) is 9.59 Å². The van der Waals surface area contributed by atoms with E-state index in [2.05, 4.69) is 19.2 Å². The number of carbonyl (C=O) groups is 2. The molecule has 1 aliphatic rings. The lowest BCUT2D eigenvalue weighted by Gasteiger charge is -2.24. The molecule has 1 aromatic carbocycles. The number of likely N-dealkylation sites (tertiary alicyclic amines) is 1. The Balaban J connectivity index is 2.01. The van der Waals surface area contributed by atoms with Crippen LogP contribution in [0.2, 0.25) is 0 Å². The van der Waals surface area contributed by atoms with Crippen LogP contribution < -0.4 is 5.32 Å². The van der Waals surface area contributed by atoms with Gasteiger partial charge >= 0.3 is 0 Å². The fourth-order valence-electron chi connectivity index (χ4n) is 2.89. The van der Waals surface area contributed by atoms with Gasteiger partial charge in [-0.15, -0.1) is 0 Å². The normalized spacial score (nSPS) is 15.7. The molecule has 0 aliphatic carbocycles. The van der Waals surface area contributed by atoms with E-state index >= 15 is 0 Å². The highest BCUT2D eigenvalue weighted by atomic mass is 16.2. The van der Waals surface area contributed by atoms with E-state index in [1.54, 1.807) is 0 Å². The van der Waals surface area contributed by atoms with Crippen LogP contribution in [0, 0.1) is 5.92 Å². The Labute approximate surface area is 139 Å². The molecule has 1 atom stereocenters. The smallest absolute Gasteiger partial charge is 0.245 e. The third-order valence-electron chi connectivity index (χ3n) is 4.28. The van der Waals surface area contributed by atoms with E-state index in [4.69, 9.17) is 0 Å². The van der Waals surface area contributed by atoms with Gasteiger partial charge in [0.15, 0.2) is 0 Å². The molecule has 0 aromatic heterocycles. The van der Waals surface area contributed by atoms with Gasteiger partial charge in [0.2, 0.25) is 11.8 Å². The Hall–Kier alpha value is -1.84. The highest BCUT2D eigenvalue weighted by Gasteiger charge is 2.27. The summed E-state index contributed by atoms with van der Waals surface area (Å²) in [5.74, 6) is 0.527. The molecule has 1 unspecified atom stereocenters. The largest absolute Gasteiger partial charge is 0.344 e. The Morgan fingerprint density at radius 1 is 1.13 bits per heavy atom. The lowest BCUT2D eigenvalue weighted by Crippen LogP contribution is -2.49. The molecule has 2 rings (SSSR count). The van der Waals surface area contributed by atoms with Crippen LogP contribution in [0.5, 0.6) is 0 Å². The van der Waals surface area contributed by atoms with Gasteiger partial charge in [-0.3, -0.25) is 9.59 Å². The summed E-state index contributed by atoms with van der Waals surface area (Å²) in [6.07, 6.45) is 4.01. The van der Waals surface area contributed by atoms with Crippen molar-refractivity contribution in [2.45, 2.75) is 52.0 Å². The first kappa shape index (κ1) is 17.5. The highest BCUT2D eigenvalue weighted by molar-refractivity contribution is 5.88. The van der Waals surface area contributed by atoms with Crippen LogP contribution in [0.1, 0.15) is 45.1 Å². The van der Waals surface area contributed by atoms with Gasteiger partial charge < -0.3 is 10.2 Å². The van der Waals surface area contributed by atoms with Crippen molar-refractivity contribution in [1.29, 1.82) is 0 Å². The van der Waals surface area contributed by atoms with Crippen LogP contribution in [0.3, 0.4) is 0 Å². The number of carbonyl (C=O) groups excluding carboxylic acids is 2. The van der Waals surface area contributed by atoms with Gasteiger partial charge in [0, 0.05) is 25.9 Å². The third kappa shape index (κ3) is 5.70. The summed E-state index contributed by atoms with van der Waals surface area (Å²) in [4.78, 5) is 26.8. The molecule has 2 amide bonds. The van der Waals surface area contributed by atoms with Crippen LogP contribution in [-0.2, 0) is 16.0 Å². The Kier molecular flexibility index (Phi) is 6.63. The van der Waals surface area contributed by atoms with Crippen molar-refractivity contribution >= 4 is 11.8 Å². The minimum atomic E-state index is -0.449. The van der Waals surface area contributed by atoms with Gasteiger partial charge in [0.1, 0.15) is 6.04 Å². The minimum absolute atomic E-state index is 0.0211. The summed E-state index contributed by atoms with van der Waals surface area (Å²) in [6, 6.07) is 9.45. The number of nitrogens with zero attached hydrogens (tertiary/aromatic N) is 1. The lowest BCUT2D eigenvalue weighted by molar-refractivity contribution is -0.135. The molecule has 1 N–H and O–H groups in total. The predicted molar refractivity (Wildman–Crippen MR) is 92.0 cm³/mol. The Bertz CT molecular complexity index is 507. The number of benzene rings is 1. The Morgan fingerprint density at radius 2 is 1.78 bits per heavy atom. The van der Waals surface area contributed by atoms with Crippen LogP contribution in [0.25, 0.3) is 0 Å². The van der Waals surface area contributed by atoms with Crippen molar-refractivity contribution in [2.75, 3.05) is 13.1 Å². The molecule has 4 heteroatoms. The summed E-state index contributed by atoms with van der Waals surface area (Å²) >= 11 is 0. The van der Waals surface area contributed by atoms with Crippen molar-refractivity contribution in [1.82, 2.24) is 10.2 Å². The zero-order valence-electron chi connectivity index (χ0n) is 14.3. The summed E-state index contributed by atoms with van der Waals surface area (Å²) in [6.45, 7) is 5.83. The van der Waals surface area contributed by atoms with Crippen LogP contribution in [0.15, 0.2) is 30.3 Å². The lowest BCUT2D eigenvalue weighted by atomic mass is 10.0. The van der Waals surface area contributed by atoms with Crippen LogP contribution in [0.4, 0.5) is 0 Å². The van der Waals surface area contributed by atoms with Crippen molar-refractivity contribution in [3.05, 3.63) is 35.9 Å². The molecule has 0 spiro atoms. The van der Waals surface area contributed by atoms with Gasteiger partial charge in [-0.2, -0.15) is 0 Å². The van der Waals surface area contributed by atoms with E-state index in [1.165, 1.54) is 0 Å². The molecule has 23 heavy (non-hydrogen) atoms. The maximum absolute atomic E-state index is 12.7. The second-order valence-electron chi connectivity index (χ2n) is 6.77. The molecule has 0 radical (unpaired) electrons. The predicted octanol–water partition coefficient (Wildman–Crippen LogP) is 2.77. The van der Waals surface area contributed by atoms with Gasteiger partial charge in [-0.05, 0) is 30.7 Å². The van der Waals surface area contributed by atoms with Crippen molar-refractivity contribution in [3.63, 3.8) is 0 Å². The topological polar surface area (TPSA) is 49.4 Å². The fourth-order valence-corrected chi connectivity index (χ4v) is 2.89. The molecule has 1 aromatic rings. The number of nitrogens with one attached hydrogen (secondary N) is 1. The van der Waals surface area contributed by atoms with Crippen molar-refractivity contribution in [2.24, 2.45) is 5.92 Å². The van der Waals surface area contributed by atoms with Gasteiger partial charge in [0.05, 0.1) is 0 Å². The maximum atomic E-state index is 12.7. The van der Waals surface area contributed by atoms with Gasteiger partial charge in [-0.1, -0.05) is 44.2 Å². The van der Waals surface area contributed by atoms with E-state index in [1.807, 2.05) is 35.2 Å². The summed E-state index contributed by atoms with van der Waals surface area (Å²) in [5.41, 5.74) is 1.08. The molecule has 1 aliphatic heterocycles. The van der Waals surface area contributed by atoms with E-state index < -0.39 is 6.04 Å². The summed E-state index contributed by atoms with van der Waals surface area (Å²) < 4.78 is 0. The van der Waals surface area contributed by atoms with Crippen LogP contribution in [-0.4, -0.2) is 35.8 Å². The number of hydrogen-bond acceptors (Lipinski definition) is 2. The molecule has 4 nitrogen and oxygen atoms in total. The molecular weight excluding hydrogens is 288 g/mol. The summed E-state index contributed by atoms with van der Waals surface area (Å²) in [7, 11) is 0. The minimum Gasteiger partial charge on any atom is -0.344 e. The Morgan fingerprint density at radius 3 is 2.39 bits per heavy atom. The first-order chi connectivity index (χ1) is 11.1. The average molecular weight is 316 g/mol. The molecule has 0 saturated carbocycles. The number of hydrogen-bond donors (Lipinski definition) is 1. The maximum Gasteiger partial charge on any atom is 0.245 e. The monoisotopic (exact) mass is 316 g/mol. The fraction of sp³-hybridized carbons (Fsp3) is 0.579. The summed E-state index contributed by atoms with van der Waals surface area (Å²) in [5, 5.41) is 2.97.